The highest BCUT2D eigenvalue weighted by Crippen LogP contribution is 2.08. The van der Waals surface area contributed by atoms with Gasteiger partial charge in [-0.05, 0) is 13.8 Å². The van der Waals surface area contributed by atoms with Crippen molar-refractivity contribution in [3.63, 3.8) is 0 Å². The van der Waals surface area contributed by atoms with E-state index in [1.807, 2.05) is 6.92 Å². The third kappa shape index (κ3) is 2.86. The second kappa shape index (κ2) is 3.73. The van der Waals surface area contributed by atoms with Crippen molar-refractivity contribution in [3.05, 3.63) is 11.3 Å². The maximum atomic E-state index is 8.76. The van der Waals surface area contributed by atoms with Crippen LogP contribution in [0.1, 0.15) is 13.8 Å². The van der Waals surface area contributed by atoms with Crippen LogP contribution < -0.4 is 0 Å². The summed E-state index contributed by atoms with van der Waals surface area (Å²) in [7, 11) is 2.35. The number of aliphatic hydroxyl groups excluding tert-OH is 1. The molecule has 0 amide bonds. The van der Waals surface area contributed by atoms with E-state index in [4.69, 9.17) is 9.84 Å². The first-order valence-electron chi connectivity index (χ1n) is 2.46. The van der Waals surface area contributed by atoms with Crippen molar-refractivity contribution in [2.75, 3.05) is 6.61 Å². The topological polar surface area (TPSA) is 29.5 Å². The third-order valence-electron chi connectivity index (χ3n) is 0.618. The molecule has 0 bridgehead atoms. The minimum Gasteiger partial charge on any atom is -0.481 e. The van der Waals surface area contributed by atoms with Crippen molar-refractivity contribution in [1.82, 2.24) is 0 Å². The zero-order valence-corrected chi connectivity index (χ0v) is 6.29. The Labute approximate surface area is 51.7 Å². The fourth-order valence-corrected chi connectivity index (χ4v) is 0.334. The van der Waals surface area contributed by atoms with Gasteiger partial charge in [-0.2, -0.15) is 0 Å². The summed E-state index contributed by atoms with van der Waals surface area (Å²) in [6.45, 7) is 4.09. The largest absolute Gasteiger partial charge is 0.481 e. The third-order valence-corrected chi connectivity index (χ3v) is 0.865. The summed E-state index contributed by atoms with van der Waals surface area (Å²) in [6.07, 6.45) is 0. The van der Waals surface area contributed by atoms with E-state index in [9.17, 15) is 0 Å². The van der Waals surface area contributed by atoms with Crippen molar-refractivity contribution in [2.24, 2.45) is 0 Å². The van der Waals surface area contributed by atoms with Gasteiger partial charge in [-0.15, -0.1) is 9.24 Å². The van der Waals surface area contributed by atoms with Gasteiger partial charge in [0.15, 0.2) is 0 Å². The average molecular weight is 134 g/mol. The van der Waals surface area contributed by atoms with Crippen LogP contribution in [0, 0.1) is 0 Å². The first-order valence-corrected chi connectivity index (χ1v) is 3.04. The number of hydrogen-bond donors (Lipinski definition) is 1. The Morgan fingerprint density at radius 3 is 2.38 bits per heavy atom. The molecule has 0 aliphatic carbocycles. The predicted octanol–water partition coefficient (Wildman–Crippen LogP) is 1.64. The summed E-state index contributed by atoms with van der Waals surface area (Å²) in [4.78, 5) is 0. The van der Waals surface area contributed by atoms with Crippen LogP contribution in [0.15, 0.2) is 11.3 Å². The Morgan fingerprint density at radius 2 is 2.25 bits per heavy atom. The molecule has 0 aliphatic rings. The minimum absolute atomic E-state index is 0.0116. The molecule has 0 aromatic rings. The van der Waals surface area contributed by atoms with Crippen molar-refractivity contribution in [3.8, 4) is 0 Å². The van der Waals surface area contributed by atoms with Gasteiger partial charge in [-0.1, -0.05) is 0 Å². The highest BCUT2D eigenvalue weighted by atomic mass is 31.0. The number of rotatable bonds is 2. The summed E-state index contributed by atoms with van der Waals surface area (Å²) < 4.78 is 4.72. The highest BCUT2D eigenvalue weighted by molar-refractivity contribution is 7.22. The van der Waals surface area contributed by atoms with Gasteiger partial charge >= 0.3 is 0 Å². The van der Waals surface area contributed by atoms with Crippen LogP contribution in [0.5, 0.6) is 0 Å². The van der Waals surface area contributed by atoms with E-state index in [2.05, 4.69) is 9.24 Å². The van der Waals surface area contributed by atoms with Gasteiger partial charge in [-0.25, -0.2) is 0 Å². The second-order valence-corrected chi connectivity index (χ2v) is 2.29. The van der Waals surface area contributed by atoms with Crippen molar-refractivity contribution < 1.29 is 9.84 Å². The Balaban J connectivity index is 3.62. The minimum atomic E-state index is 0.0116. The quantitative estimate of drug-likeness (QED) is 0.459. The Bertz CT molecular complexity index is 94.6. The SMILES string of the molecule is CCO/C(O)=C(\C)P. The van der Waals surface area contributed by atoms with E-state index in [0.29, 0.717) is 6.61 Å². The van der Waals surface area contributed by atoms with Crippen LogP contribution in [-0.2, 0) is 4.74 Å². The van der Waals surface area contributed by atoms with Gasteiger partial charge in [0.1, 0.15) is 0 Å². The van der Waals surface area contributed by atoms with Crippen molar-refractivity contribution >= 4 is 9.24 Å². The molecule has 0 rings (SSSR count). The lowest BCUT2D eigenvalue weighted by Crippen LogP contribution is -1.89. The van der Waals surface area contributed by atoms with E-state index in [0.717, 1.165) is 5.31 Å². The number of aliphatic hydroxyl groups is 1. The van der Waals surface area contributed by atoms with Gasteiger partial charge in [0.2, 0.25) is 0 Å². The summed E-state index contributed by atoms with van der Waals surface area (Å²) in [6, 6.07) is 0. The lowest BCUT2D eigenvalue weighted by molar-refractivity contribution is 0.101. The summed E-state index contributed by atoms with van der Waals surface area (Å²) in [5, 5.41) is 9.49. The second-order valence-electron chi connectivity index (χ2n) is 1.42. The first kappa shape index (κ1) is 7.77. The molecule has 3 heteroatoms. The normalized spacial score (nSPS) is 12.9. The highest BCUT2D eigenvalue weighted by Gasteiger charge is 1.91. The fraction of sp³-hybridized carbons (Fsp3) is 0.600. The zero-order valence-electron chi connectivity index (χ0n) is 5.14. The van der Waals surface area contributed by atoms with Gasteiger partial charge in [0.05, 0.1) is 6.61 Å². The van der Waals surface area contributed by atoms with Crippen molar-refractivity contribution in [2.45, 2.75) is 13.8 Å². The van der Waals surface area contributed by atoms with Crippen LogP contribution in [0.25, 0.3) is 0 Å². The maximum absolute atomic E-state index is 8.76. The van der Waals surface area contributed by atoms with E-state index in [1.165, 1.54) is 0 Å². The molecule has 0 saturated carbocycles. The zero-order chi connectivity index (χ0) is 6.57. The van der Waals surface area contributed by atoms with Crippen LogP contribution in [0.2, 0.25) is 0 Å². The molecular weight excluding hydrogens is 123 g/mol. The molecule has 2 nitrogen and oxygen atoms in total. The summed E-state index contributed by atoms with van der Waals surface area (Å²) in [5.74, 6) is 0.0116. The fourth-order valence-electron chi connectivity index (χ4n) is 0.251. The van der Waals surface area contributed by atoms with Crippen molar-refractivity contribution in [1.29, 1.82) is 0 Å². The number of allylic oxidation sites excluding steroid dienone is 1. The molecule has 1 N–H and O–H groups in total. The molecule has 0 spiro atoms. The van der Waals surface area contributed by atoms with Gasteiger partial charge in [-0.3, -0.25) is 0 Å². The molecule has 0 radical (unpaired) electrons. The summed E-state index contributed by atoms with van der Waals surface area (Å²) in [5.41, 5.74) is 0. The molecular formula is C5H11O2P. The smallest absolute Gasteiger partial charge is 0.279 e. The van der Waals surface area contributed by atoms with Gasteiger partial charge < -0.3 is 9.84 Å². The number of ether oxygens (including phenoxy) is 1. The monoisotopic (exact) mass is 134 g/mol. The Hall–Kier alpha value is -0.230. The lowest BCUT2D eigenvalue weighted by Gasteiger charge is -2.00. The van der Waals surface area contributed by atoms with Gasteiger partial charge in [0, 0.05) is 5.31 Å². The maximum Gasteiger partial charge on any atom is 0.279 e. The summed E-state index contributed by atoms with van der Waals surface area (Å²) >= 11 is 0. The van der Waals surface area contributed by atoms with E-state index >= 15 is 0 Å². The van der Waals surface area contributed by atoms with E-state index < -0.39 is 0 Å². The molecule has 0 fully saturated rings. The van der Waals surface area contributed by atoms with Crippen LogP contribution >= 0.6 is 9.24 Å². The van der Waals surface area contributed by atoms with Crippen LogP contribution in [0.4, 0.5) is 0 Å². The first-order chi connectivity index (χ1) is 3.68. The standard InChI is InChI=1S/C5H11O2P/c1-3-7-5(6)4(2)8/h6H,3,8H2,1-2H3/b5-4+. The molecule has 1 unspecified atom stereocenters. The van der Waals surface area contributed by atoms with Crippen LogP contribution in [-0.4, -0.2) is 11.7 Å². The van der Waals surface area contributed by atoms with E-state index in [-0.39, 0.29) is 5.95 Å². The van der Waals surface area contributed by atoms with Gasteiger partial charge in [0.25, 0.3) is 5.95 Å². The molecule has 0 aromatic carbocycles. The molecule has 0 aromatic heterocycles. The molecule has 8 heavy (non-hydrogen) atoms. The molecule has 0 heterocycles. The molecule has 48 valence electrons. The van der Waals surface area contributed by atoms with E-state index in [1.54, 1.807) is 6.92 Å². The molecule has 0 aliphatic heterocycles. The van der Waals surface area contributed by atoms with Crippen LogP contribution in [0.3, 0.4) is 0 Å². The Morgan fingerprint density at radius 1 is 1.75 bits per heavy atom. The Kier molecular flexibility index (Phi) is 3.63. The molecule has 0 saturated heterocycles. The molecule has 1 atom stereocenters. The average Bonchev–Trinajstić information content (AvgIpc) is 1.67. The number of hydrogen-bond acceptors (Lipinski definition) is 2. The predicted molar refractivity (Wildman–Crippen MR) is 36.7 cm³/mol. The lowest BCUT2D eigenvalue weighted by atomic mass is 10.7.